The van der Waals surface area contributed by atoms with Crippen molar-refractivity contribution in [3.8, 4) is 0 Å². The molecule has 1 saturated carbocycles. The number of imide groups is 1. The van der Waals surface area contributed by atoms with Gasteiger partial charge in [0.1, 0.15) is 0 Å². The topological polar surface area (TPSA) is 66.8 Å². The zero-order valence-electron chi connectivity index (χ0n) is 10.1. The maximum absolute atomic E-state index is 12.0. The summed E-state index contributed by atoms with van der Waals surface area (Å²) in [5, 5.41) is 8.95. The van der Waals surface area contributed by atoms with Crippen LogP contribution in [0, 0.1) is 11.8 Å². The van der Waals surface area contributed by atoms with Crippen LogP contribution in [0.25, 0.3) is 0 Å². The van der Waals surface area contributed by atoms with Crippen LogP contribution in [-0.2, 0) is 14.3 Å². The quantitative estimate of drug-likeness (QED) is 0.575. The van der Waals surface area contributed by atoms with Crippen LogP contribution >= 0.6 is 0 Å². The summed E-state index contributed by atoms with van der Waals surface area (Å²) >= 11 is 0. The van der Waals surface area contributed by atoms with Crippen molar-refractivity contribution in [3.63, 3.8) is 0 Å². The number of fused-ring (bicyclic) bond motifs is 1. The Morgan fingerprint density at radius 1 is 1.29 bits per heavy atom. The van der Waals surface area contributed by atoms with Gasteiger partial charge in [-0.25, -0.2) is 0 Å². The van der Waals surface area contributed by atoms with E-state index in [1.54, 1.807) is 0 Å². The van der Waals surface area contributed by atoms with Crippen molar-refractivity contribution in [1.82, 2.24) is 4.90 Å². The van der Waals surface area contributed by atoms with E-state index in [2.05, 4.69) is 0 Å². The monoisotopic (exact) mass is 241 g/mol. The molecular weight excluding hydrogens is 222 g/mol. The minimum Gasteiger partial charge on any atom is -0.368 e. The van der Waals surface area contributed by atoms with E-state index in [0.717, 1.165) is 25.7 Å². The molecule has 1 heterocycles. The fraction of sp³-hybridized carbons (Fsp3) is 0.833. The average Bonchev–Trinajstić information content (AvgIpc) is 2.54. The average molecular weight is 241 g/mol. The molecule has 17 heavy (non-hydrogen) atoms. The van der Waals surface area contributed by atoms with Crippen molar-refractivity contribution in [2.75, 3.05) is 13.2 Å². The van der Waals surface area contributed by atoms with Gasteiger partial charge < -0.3 is 9.84 Å². The second-order valence-electron chi connectivity index (χ2n) is 4.80. The van der Waals surface area contributed by atoms with Crippen molar-refractivity contribution in [2.45, 2.75) is 38.9 Å². The molecule has 3 unspecified atom stereocenters. The molecule has 5 nitrogen and oxygen atoms in total. The van der Waals surface area contributed by atoms with E-state index in [1.807, 2.05) is 0 Å². The molecule has 0 aromatic heterocycles. The molecule has 1 aliphatic carbocycles. The predicted octanol–water partition coefficient (Wildman–Crippen LogP) is 0.516. The normalized spacial score (nSPS) is 30.6. The van der Waals surface area contributed by atoms with Gasteiger partial charge in [-0.05, 0) is 19.8 Å². The minimum atomic E-state index is -0.856. The molecule has 0 bridgehead atoms. The van der Waals surface area contributed by atoms with Gasteiger partial charge in [-0.1, -0.05) is 12.8 Å². The molecule has 1 aliphatic heterocycles. The third-order valence-electron chi connectivity index (χ3n) is 3.61. The van der Waals surface area contributed by atoms with Crippen LogP contribution in [0.2, 0.25) is 0 Å². The lowest BCUT2D eigenvalue weighted by Crippen LogP contribution is -2.34. The Bertz CT molecular complexity index is 292. The van der Waals surface area contributed by atoms with E-state index in [-0.39, 0.29) is 36.8 Å². The highest BCUT2D eigenvalue weighted by Crippen LogP contribution is 2.37. The summed E-state index contributed by atoms with van der Waals surface area (Å²) < 4.78 is 4.96. The minimum absolute atomic E-state index is 0.0473. The second-order valence-corrected chi connectivity index (χ2v) is 4.80. The van der Waals surface area contributed by atoms with Gasteiger partial charge >= 0.3 is 0 Å². The standard InChI is InChI=1S/C12H19NO4/c1-8(14)17-7-6-13-11(15)9-4-2-3-5-10(9)12(13)16/h8-10,14H,2-7H2,1H3. The Hall–Kier alpha value is -0.940. The third kappa shape index (κ3) is 2.50. The third-order valence-corrected chi connectivity index (χ3v) is 3.61. The summed E-state index contributed by atoms with van der Waals surface area (Å²) in [6, 6.07) is 0. The maximum Gasteiger partial charge on any atom is 0.233 e. The fourth-order valence-corrected chi connectivity index (χ4v) is 2.77. The van der Waals surface area contributed by atoms with Gasteiger partial charge in [0.2, 0.25) is 11.8 Å². The SMILES string of the molecule is CC(O)OCCN1C(=O)C2CCCCC2C1=O. The number of nitrogens with zero attached hydrogens (tertiary/aromatic N) is 1. The smallest absolute Gasteiger partial charge is 0.233 e. The van der Waals surface area contributed by atoms with Crippen molar-refractivity contribution >= 4 is 11.8 Å². The van der Waals surface area contributed by atoms with Gasteiger partial charge in [0.15, 0.2) is 6.29 Å². The molecule has 5 heteroatoms. The number of carbonyl (C=O) groups is 2. The number of aliphatic hydroxyl groups is 1. The van der Waals surface area contributed by atoms with Crippen LogP contribution in [0.5, 0.6) is 0 Å². The van der Waals surface area contributed by atoms with Crippen molar-refractivity contribution in [2.24, 2.45) is 11.8 Å². The number of hydrogen-bond acceptors (Lipinski definition) is 4. The molecule has 2 aliphatic rings. The molecule has 3 atom stereocenters. The maximum atomic E-state index is 12.0. The van der Waals surface area contributed by atoms with E-state index >= 15 is 0 Å². The molecule has 0 aromatic carbocycles. The molecule has 2 rings (SSSR count). The molecule has 0 spiro atoms. The van der Waals surface area contributed by atoms with Crippen LogP contribution in [0.15, 0.2) is 0 Å². The first kappa shape index (κ1) is 12.5. The molecule has 0 radical (unpaired) electrons. The van der Waals surface area contributed by atoms with Gasteiger partial charge in [0.05, 0.1) is 25.0 Å². The highest BCUT2D eigenvalue weighted by molar-refractivity contribution is 6.05. The summed E-state index contributed by atoms with van der Waals surface area (Å²) in [6.07, 6.45) is 2.90. The first-order valence-electron chi connectivity index (χ1n) is 6.26. The molecular formula is C12H19NO4. The van der Waals surface area contributed by atoms with Crippen LogP contribution in [-0.4, -0.2) is 41.3 Å². The summed E-state index contributed by atoms with van der Waals surface area (Å²) in [7, 11) is 0. The first-order chi connectivity index (χ1) is 8.11. The number of amides is 2. The summed E-state index contributed by atoms with van der Waals surface area (Å²) in [5.41, 5.74) is 0. The van der Waals surface area contributed by atoms with E-state index in [0.29, 0.717) is 0 Å². The lowest BCUT2D eigenvalue weighted by molar-refractivity contribution is -0.143. The zero-order valence-corrected chi connectivity index (χ0v) is 10.1. The summed E-state index contributed by atoms with van der Waals surface area (Å²) in [6.45, 7) is 1.97. The largest absolute Gasteiger partial charge is 0.368 e. The first-order valence-corrected chi connectivity index (χ1v) is 6.26. The van der Waals surface area contributed by atoms with Crippen molar-refractivity contribution in [1.29, 1.82) is 0 Å². The van der Waals surface area contributed by atoms with Gasteiger partial charge in [-0.15, -0.1) is 0 Å². The van der Waals surface area contributed by atoms with Gasteiger partial charge in [-0.3, -0.25) is 14.5 Å². The fourth-order valence-electron chi connectivity index (χ4n) is 2.77. The number of likely N-dealkylation sites (tertiary alicyclic amines) is 1. The van der Waals surface area contributed by atoms with Crippen LogP contribution in [0.4, 0.5) is 0 Å². The van der Waals surface area contributed by atoms with Crippen molar-refractivity contribution < 1.29 is 19.4 Å². The molecule has 2 fully saturated rings. The van der Waals surface area contributed by atoms with Gasteiger partial charge in [0, 0.05) is 0 Å². The van der Waals surface area contributed by atoms with E-state index < -0.39 is 6.29 Å². The highest BCUT2D eigenvalue weighted by Gasteiger charge is 2.47. The Morgan fingerprint density at radius 3 is 2.29 bits per heavy atom. The zero-order chi connectivity index (χ0) is 12.4. The molecule has 96 valence electrons. The van der Waals surface area contributed by atoms with Crippen LogP contribution in [0.1, 0.15) is 32.6 Å². The number of carbonyl (C=O) groups excluding carboxylic acids is 2. The van der Waals surface area contributed by atoms with Crippen molar-refractivity contribution in [3.05, 3.63) is 0 Å². The lowest BCUT2D eigenvalue weighted by atomic mass is 9.81. The van der Waals surface area contributed by atoms with E-state index in [4.69, 9.17) is 9.84 Å². The number of hydrogen-bond donors (Lipinski definition) is 1. The van der Waals surface area contributed by atoms with Gasteiger partial charge in [-0.2, -0.15) is 0 Å². The Balaban J connectivity index is 1.94. The van der Waals surface area contributed by atoms with Crippen LogP contribution in [0.3, 0.4) is 0 Å². The number of rotatable bonds is 4. The summed E-state index contributed by atoms with van der Waals surface area (Å²) in [4.78, 5) is 25.3. The molecule has 1 N–H and O–H groups in total. The van der Waals surface area contributed by atoms with Gasteiger partial charge in [0.25, 0.3) is 0 Å². The van der Waals surface area contributed by atoms with Crippen LogP contribution < -0.4 is 0 Å². The second kappa shape index (κ2) is 5.14. The highest BCUT2D eigenvalue weighted by atomic mass is 16.6. The molecule has 0 aromatic rings. The Morgan fingerprint density at radius 2 is 1.82 bits per heavy atom. The molecule has 1 saturated heterocycles. The van der Waals surface area contributed by atoms with E-state index in [1.165, 1.54) is 11.8 Å². The Labute approximate surface area is 101 Å². The summed E-state index contributed by atoms with van der Waals surface area (Å²) in [5.74, 6) is -0.284. The number of aliphatic hydroxyl groups excluding tert-OH is 1. The lowest BCUT2D eigenvalue weighted by Gasteiger charge is -2.19. The van der Waals surface area contributed by atoms with E-state index in [9.17, 15) is 9.59 Å². The Kier molecular flexibility index (Phi) is 3.79. The molecule has 2 amide bonds. The number of ether oxygens (including phenoxy) is 1. The predicted molar refractivity (Wildman–Crippen MR) is 59.8 cm³/mol.